The molecule has 0 saturated heterocycles. The number of aromatic nitrogens is 2. The molecule has 0 unspecified atom stereocenters. The molecule has 2 heterocycles. The maximum absolute atomic E-state index is 4.97. The average molecular weight is 414 g/mol. The first kappa shape index (κ1) is 18.6. The molecule has 0 aliphatic carbocycles. The van der Waals surface area contributed by atoms with Crippen molar-refractivity contribution in [2.75, 3.05) is 5.32 Å². The van der Waals surface area contributed by atoms with Gasteiger partial charge >= 0.3 is 0 Å². The van der Waals surface area contributed by atoms with Crippen LogP contribution >= 0.6 is 0 Å². The molecule has 0 radical (unpaired) electrons. The van der Waals surface area contributed by atoms with Gasteiger partial charge in [-0.25, -0.2) is 4.68 Å². The van der Waals surface area contributed by atoms with Crippen molar-refractivity contribution in [3.8, 4) is 11.1 Å². The molecule has 1 aromatic heterocycles. The summed E-state index contributed by atoms with van der Waals surface area (Å²) in [5, 5.41) is 11.2. The summed E-state index contributed by atoms with van der Waals surface area (Å²) >= 11 is 0. The fourth-order valence-corrected chi connectivity index (χ4v) is 4.63. The highest BCUT2D eigenvalue weighted by Gasteiger charge is 2.27. The van der Waals surface area contributed by atoms with Gasteiger partial charge in [0.1, 0.15) is 5.82 Å². The number of hydrogen-bond acceptors (Lipinski definition) is 2. The van der Waals surface area contributed by atoms with Gasteiger partial charge in [-0.2, -0.15) is 5.10 Å². The van der Waals surface area contributed by atoms with E-state index in [1.807, 2.05) is 0 Å². The molecule has 0 fully saturated rings. The zero-order valence-electron chi connectivity index (χ0n) is 17.9. The standard InChI is InChI=1S/C29H23N3/c1-20-28(23-13-6-3-7-14-23)29-30-26(25-17-16-21-10-8-9-15-24(21)18-25)19-27(32(29)31-20)22-11-4-2-5-12-22/h2-19,27,30H,1H3/t27-/m0/s1. The lowest BCUT2D eigenvalue weighted by atomic mass is 9.98. The summed E-state index contributed by atoms with van der Waals surface area (Å²) in [5.74, 6) is 1.04. The molecule has 3 nitrogen and oxygen atoms in total. The minimum absolute atomic E-state index is 0.0186. The summed E-state index contributed by atoms with van der Waals surface area (Å²) in [6.45, 7) is 2.09. The Labute approximate surface area is 187 Å². The van der Waals surface area contributed by atoms with Gasteiger partial charge in [0, 0.05) is 11.3 Å². The fraction of sp³-hybridized carbons (Fsp3) is 0.0690. The molecule has 0 bridgehead atoms. The zero-order valence-corrected chi connectivity index (χ0v) is 17.9. The van der Waals surface area contributed by atoms with E-state index in [1.165, 1.54) is 27.5 Å². The Bertz CT molecular complexity index is 1450. The molecule has 3 heteroatoms. The van der Waals surface area contributed by atoms with Crippen molar-refractivity contribution in [1.29, 1.82) is 0 Å². The van der Waals surface area contributed by atoms with Crippen molar-refractivity contribution in [3.63, 3.8) is 0 Å². The number of nitrogens with zero attached hydrogens (tertiary/aromatic N) is 2. The summed E-state index contributed by atoms with van der Waals surface area (Å²) < 4.78 is 2.12. The third-order valence-electron chi connectivity index (χ3n) is 6.19. The third-order valence-corrected chi connectivity index (χ3v) is 6.19. The Balaban J connectivity index is 1.55. The molecule has 5 aromatic rings. The molecule has 32 heavy (non-hydrogen) atoms. The van der Waals surface area contributed by atoms with Crippen LogP contribution in [0.5, 0.6) is 0 Å². The monoisotopic (exact) mass is 413 g/mol. The smallest absolute Gasteiger partial charge is 0.138 e. The predicted octanol–water partition coefficient (Wildman–Crippen LogP) is 7.07. The van der Waals surface area contributed by atoms with Gasteiger partial charge in [-0.15, -0.1) is 0 Å². The number of benzene rings is 4. The van der Waals surface area contributed by atoms with Crippen molar-refractivity contribution < 1.29 is 0 Å². The van der Waals surface area contributed by atoms with Crippen LogP contribution in [0.1, 0.15) is 22.9 Å². The van der Waals surface area contributed by atoms with E-state index in [2.05, 4.69) is 126 Å². The zero-order chi connectivity index (χ0) is 21.5. The molecule has 4 aromatic carbocycles. The topological polar surface area (TPSA) is 29.9 Å². The minimum Gasteiger partial charge on any atom is -0.340 e. The van der Waals surface area contributed by atoms with E-state index in [4.69, 9.17) is 5.10 Å². The summed E-state index contributed by atoms with van der Waals surface area (Å²) in [5.41, 5.74) is 6.84. The van der Waals surface area contributed by atoms with E-state index in [9.17, 15) is 0 Å². The molecule has 1 N–H and O–H groups in total. The van der Waals surface area contributed by atoms with E-state index in [-0.39, 0.29) is 6.04 Å². The van der Waals surface area contributed by atoms with E-state index in [0.717, 1.165) is 22.8 Å². The number of nitrogens with one attached hydrogen (secondary N) is 1. The maximum Gasteiger partial charge on any atom is 0.138 e. The van der Waals surface area contributed by atoms with Crippen LogP contribution in [0, 0.1) is 6.92 Å². The Morgan fingerprint density at radius 2 is 1.41 bits per heavy atom. The number of rotatable bonds is 3. The third kappa shape index (κ3) is 3.10. The largest absolute Gasteiger partial charge is 0.340 e. The predicted molar refractivity (Wildman–Crippen MR) is 133 cm³/mol. The van der Waals surface area contributed by atoms with Crippen LogP contribution in [0.15, 0.2) is 109 Å². The van der Waals surface area contributed by atoms with Gasteiger partial charge in [-0.3, -0.25) is 0 Å². The van der Waals surface area contributed by atoms with E-state index in [1.54, 1.807) is 0 Å². The van der Waals surface area contributed by atoms with Gasteiger partial charge in [0.2, 0.25) is 0 Å². The Morgan fingerprint density at radius 3 is 2.19 bits per heavy atom. The van der Waals surface area contributed by atoms with Crippen LogP contribution in [-0.4, -0.2) is 9.78 Å². The van der Waals surface area contributed by atoms with Crippen molar-refractivity contribution in [1.82, 2.24) is 9.78 Å². The number of aryl methyl sites for hydroxylation is 1. The average Bonchev–Trinajstić information content (AvgIpc) is 3.20. The Kier molecular flexibility index (Phi) is 4.39. The first-order chi connectivity index (χ1) is 15.8. The number of anilines is 1. The number of allylic oxidation sites excluding steroid dienone is 1. The van der Waals surface area contributed by atoms with Crippen LogP contribution in [0.25, 0.3) is 27.6 Å². The summed E-state index contributed by atoms with van der Waals surface area (Å²) in [4.78, 5) is 0. The second-order valence-corrected chi connectivity index (χ2v) is 8.24. The van der Waals surface area contributed by atoms with Crippen LogP contribution in [-0.2, 0) is 0 Å². The van der Waals surface area contributed by atoms with E-state index in [0.29, 0.717) is 0 Å². The number of hydrogen-bond donors (Lipinski definition) is 1. The first-order valence-corrected chi connectivity index (χ1v) is 11.0. The highest BCUT2D eigenvalue weighted by atomic mass is 15.4. The molecule has 6 rings (SSSR count). The highest BCUT2D eigenvalue weighted by Crippen LogP contribution is 2.41. The second-order valence-electron chi connectivity index (χ2n) is 8.24. The normalized spacial score (nSPS) is 15.2. The molecule has 1 atom stereocenters. The molecule has 0 spiro atoms. The van der Waals surface area contributed by atoms with Gasteiger partial charge < -0.3 is 5.32 Å². The first-order valence-electron chi connectivity index (χ1n) is 11.0. The lowest BCUT2D eigenvalue weighted by Gasteiger charge is -2.26. The lowest BCUT2D eigenvalue weighted by Crippen LogP contribution is -2.20. The molecule has 0 saturated carbocycles. The lowest BCUT2D eigenvalue weighted by molar-refractivity contribution is 0.608. The summed E-state index contributed by atoms with van der Waals surface area (Å²) in [7, 11) is 0. The Hall–Kier alpha value is -4.11. The van der Waals surface area contributed by atoms with Crippen molar-refractivity contribution in [3.05, 3.63) is 126 Å². The molecular formula is C29H23N3. The molecule has 0 amide bonds. The summed E-state index contributed by atoms with van der Waals surface area (Å²) in [6, 6.07) is 36.3. The van der Waals surface area contributed by atoms with Crippen molar-refractivity contribution in [2.45, 2.75) is 13.0 Å². The van der Waals surface area contributed by atoms with Crippen LogP contribution < -0.4 is 5.32 Å². The highest BCUT2D eigenvalue weighted by molar-refractivity contribution is 5.91. The van der Waals surface area contributed by atoms with Gasteiger partial charge in [-0.1, -0.05) is 97.1 Å². The molecule has 154 valence electrons. The number of fused-ring (bicyclic) bond motifs is 2. The second kappa shape index (κ2) is 7.54. The Morgan fingerprint density at radius 1 is 0.719 bits per heavy atom. The SMILES string of the molecule is Cc1nn2c(c1-c1ccccc1)NC(c1ccc3ccccc3c1)=C[C@H]2c1ccccc1. The fourth-order valence-electron chi connectivity index (χ4n) is 4.63. The molecule has 1 aliphatic rings. The van der Waals surface area contributed by atoms with Gasteiger partial charge in [-0.05, 0) is 46.5 Å². The van der Waals surface area contributed by atoms with E-state index >= 15 is 0 Å². The quantitative estimate of drug-likeness (QED) is 0.343. The van der Waals surface area contributed by atoms with Crippen molar-refractivity contribution >= 4 is 22.3 Å². The maximum atomic E-state index is 4.97. The van der Waals surface area contributed by atoms with Gasteiger partial charge in [0.25, 0.3) is 0 Å². The molecular weight excluding hydrogens is 390 g/mol. The van der Waals surface area contributed by atoms with Gasteiger partial charge in [0.15, 0.2) is 0 Å². The van der Waals surface area contributed by atoms with Crippen LogP contribution in [0.4, 0.5) is 5.82 Å². The van der Waals surface area contributed by atoms with Crippen LogP contribution in [0.2, 0.25) is 0 Å². The minimum atomic E-state index is 0.0186. The van der Waals surface area contributed by atoms with E-state index < -0.39 is 0 Å². The van der Waals surface area contributed by atoms with Gasteiger partial charge in [0.05, 0.1) is 11.7 Å². The summed E-state index contributed by atoms with van der Waals surface area (Å²) in [6.07, 6.45) is 2.29. The van der Waals surface area contributed by atoms with Crippen molar-refractivity contribution in [2.24, 2.45) is 0 Å². The van der Waals surface area contributed by atoms with Crippen LogP contribution in [0.3, 0.4) is 0 Å². The molecule has 1 aliphatic heterocycles.